The standard InChI is InChI=1S/C14H26O4/c1-9(2)15-13-7-5-12-11(17-13)6-8-14(18-12)16-10(3)4/h9-14H,5-8H2,1-4H3. The highest BCUT2D eigenvalue weighted by molar-refractivity contribution is 4.81. The minimum atomic E-state index is -0.0579. The monoisotopic (exact) mass is 258 g/mol. The molecule has 2 aliphatic rings. The Bertz CT molecular complexity index is 228. The fourth-order valence-corrected chi connectivity index (χ4v) is 2.62. The van der Waals surface area contributed by atoms with Crippen molar-refractivity contribution in [3.63, 3.8) is 0 Å². The van der Waals surface area contributed by atoms with Crippen LogP contribution in [-0.2, 0) is 18.9 Å². The molecule has 2 saturated heterocycles. The SMILES string of the molecule is CC(C)OC1CCC2OC(OC(C)C)CCC2O1. The van der Waals surface area contributed by atoms with Crippen molar-refractivity contribution in [3.05, 3.63) is 0 Å². The van der Waals surface area contributed by atoms with E-state index < -0.39 is 0 Å². The van der Waals surface area contributed by atoms with E-state index in [2.05, 4.69) is 0 Å². The summed E-state index contributed by atoms with van der Waals surface area (Å²) in [7, 11) is 0. The van der Waals surface area contributed by atoms with Crippen molar-refractivity contribution in [3.8, 4) is 0 Å². The van der Waals surface area contributed by atoms with Crippen LogP contribution in [0.4, 0.5) is 0 Å². The van der Waals surface area contributed by atoms with Crippen LogP contribution in [0.2, 0.25) is 0 Å². The van der Waals surface area contributed by atoms with Gasteiger partial charge >= 0.3 is 0 Å². The van der Waals surface area contributed by atoms with Crippen LogP contribution in [0.5, 0.6) is 0 Å². The third kappa shape index (κ3) is 3.92. The summed E-state index contributed by atoms with van der Waals surface area (Å²) in [6, 6.07) is 0. The van der Waals surface area contributed by atoms with Gasteiger partial charge in [-0.25, -0.2) is 0 Å². The summed E-state index contributed by atoms with van der Waals surface area (Å²) < 4.78 is 23.3. The Labute approximate surface area is 110 Å². The van der Waals surface area contributed by atoms with Crippen molar-refractivity contribution in [2.75, 3.05) is 0 Å². The van der Waals surface area contributed by atoms with E-state index in [1.165, 1.54) is 0 Å². The molecule has 0 radical (unpaired) electrons. The fourth-order valence-electron chi connectivity index (χ4n) is 2.62. The molecule has 4 atom stereocenters. The first-order chi connectivity index (χ1) is 8.54. The van der Waals surface area contributed by atoms with Crippen LogP contribution in [0.25, 0.3) is 0 Å². The summed E-state index contributed by atoms with van der Waals surface area (Å²) in [5.41, 5.74) is 0. The molecule has 0 aromatic heterocycles. The summed E-state index contributed by atoms with van der Waals surface area (Å²) in [6.07, 6.45) is 4.49. The average molecular weight is 258 g/mol. The van der Waals surface area contributed by atoms with Gasteiger partial charge in [0.05, 0.1) is 24.4 Å². The van der Waals surface area contributed by atoms with E-state index in [1.807, 2.05) is 27.7 Å². The van der Waals surface area contributed by atoms with Crippen molar-refractivity contribution in [2.45, 2.75) is 90.4 Å². The second kappa shape index (κ2) is 6.33. The molecule has 0 bridgehead atoms. The topological polar surface area (TPSA) is 36.9 Å². The van der Waals surface area contributed by atoms with E-state index in [4.69, 9.17) is 18.9 Å². The van der Waals surface area contributed by atoms with Gasteiger partial charge in [0.2, 0.25) is 0 Å². The summed E-state index contributed by atoms with van der Waals surface area (Å²) >= 11 is 0. The maximum atomic E-state index is 5.95. The molecular weight excluding hydrogens is 232 g/mol. The Morgan fingerprint density at radius 3 is 1.44 bits per heavy atom. The quantitative estimate of drug-likeness (QED) is 0.777. The third-order valence-electron chi connectivity index (χ3n) is 3.29. The Hall–Kier alpha value is -0.160. The number of hydrogen-bond acceptors (Lipinski definition) is 4. The first kappa shape index (κ1) is 14.3. The first-order valence-corrected chi connectivity index (χ1v) is 7.16. The van der Waals surface area contributed by atoms with E-state index in [9.17, 15) is 0 Å². The summed E-state index contributed by atoms with van der Waals surface area (Å²) in [6.45, 7) is 8.16. The van der Waals surface area contributed by atoms with Crippen molar-refractivity contribution in [1.82, 2.24) is 0 Å². The highest BCUT2D eigenvalue weighted by Gasteiger charge is 2.38. The molecule has 4 unspecified atom stereocenters. The Kier molecular flexibility index (Phi) is 5.01. The van der Waals surface area contributed by atoms with Gasteiger partial charge in [-0.3, -0.25) is 0 Å². The third-order valence-corrected chi connectivity index (χ3v) is 3.29. The highest BCUT2D eigenvalue weighted by atomic mass is 16.7. The molecule has 0 aromatic rings. The van der Waals surface area contributed by atoms with Crippen LogP contribution in [0.15, 0.2) is 0 Å². The number of fused-ring (bicyclic) bond motifs is 1. The van der Waals surface area contributed by atoms with E-state index in [1.54, 1.807) is 0 Å². The van der Waals surface area contributed by atoms with Crippen LogP contribution in [0, 0.1) is 0 Å². The van der Waals surface area contributed by atoms with Gasteiger partial charge in [-0.15, -0.1) is 0 Å². The van der Waals surface area contributed by atoms with Gasteiger partial charge in [-0.1, -0.05) is 0 Å². The minimum Gasteiger partial charge on any atom is -0.350 e. The summed E-state index contributed by atoms with van der Waals surface area (Å²) in [4.78, 5) is 0. The van der Waals surface area contributed by atoms with Crippen LogP contribution in [-0.4, -0.2) is 37.0 Å². The maximum Gasteiger partial charge on any atom is 0.158 e. The molecule has 4 nitrogen and oxygen atoms in total. The highest BCUT2D eigenvalue weighted by Crippen LogP contribution is 2.32. The smallest absolute Gasteiger partial charge is 0.158 e. The molecular formula is C14H26O4. The van der Waals surface area contributed by atoms with Crippen LogP contribution < -0.4 is 0 Å². The predicted molar refractivity (Wildman–Crippen MR) is 68.2 cm³/mol. The molecule has 0 N–H and O–H groups in total. The zero-order chi connectivity index (χ0) is 13.1. The fraction of sp³-hybridized carbons (Fsp3) is 1.00. The van der Waals surface area contributed by atoms with Gasteiger partial charge in [0.15, 0.2) is 12.6 Å². The summed E-state index contributed by atoms with van der Waals surface area (Å²) in [5, 5.41) is 0. The zero-order valence-electron chi connectivity index (χ0n) is 11.9. The largest absolute Gasteiger partial charge is 0.350 e. The number of hydrogen-bond donors (Lipinski definition) is 0. The van der Waals surface area contributed by atoms with Gasteiger partial charge in [0.25, 0.3) is 0 Å². The van der Waals surface area contributed by atoms with Gasteiger partial charge in [0.1, 0.15) is 0 Å². The van der Waals surface area contributed by atoms with Crippen LogP contribution >= 0.6 is 0 Å². The predicted octanol–water partition coefficient (Wildman–Crippen LogP) is 2.85. The molecule has 0 spiro atoms. The second-order valence-corrected chi connectivity index (χ2v) is 5.73. The molecule has 2 heterocycles. The molecule has 4 heteroatoms. The van der Waals surface area contributed by atoms with Crippen LogP contribution in [0.1, 0.15) is 53.4 Å². The zero-order valence-corrected chi connectivity index (χ0v) is 11.9. The molecule has 2 fully saturated rings. The van der Waals surface area contributed by atoms with E-state index in [-0.39, 0.29) is 37.0 Å². The van der Waals surface area contributed by atoms with E-state index in [0.717, 1.165) is 25.7 Å². The van der Waals surface area contributed by atoms with Gasteiger partial charge < -0.3 is 18.9 Å². The molecule has 18 heavy (non-hydrogen) atoms. The Morgan fingerprint density at radius 2 is 1.11 bits per heavy atom. The molecule has 0 amide bonds. The van der Waals surface area contributed by atoms with E-state index in [0.29, 0.717) is 0 Å². The van der Waals surface area contributed by atoms with Crippen molar-refractivity contribution in [1.29, 1.82) is 0 Å². The lowest BCUT2D eigenvalue weighted by atomic mass is 9.97. The molecule has 0 saturated carbocycles. The second-order valence-electron chi connectivity index (χ2n) is 5.73. The van der Waals surface area contributed by atoms with E-state index >= 15 is 0 Å². The molecule has 0 aliphatic carbocycles. The van der Waals surface area contributed by atoms with Crippen molar-refractivity contribution in [2.24, 2.45) is 0 Å². The number of ether oxygens (including phenoxy) is 4. The molecule has 2 aliphatic heterocycles. The van der Waals surface area contributed by atoms with Gasteiger partial charge in [0, 0.05) is 12.8 Å². The van der Waals surface area contributed by atoms with Gasteiger partial charge in [-0.2, -0.15) is 0 Å². The molecule has 0 aromatic carbocycles. The average Bonchev–Trinajstić information content (AvgIpc) is 2.27. The lowest BCUT2D eigenvalue weighted by molar-refractivity contribution is -0.296. The first-order valence-electron chi connectivity index (χ1n) is 7.16. The molecule has 2 rings (SSSR count). The molecule has 106 valence electrons. The Balaban J connectivity index is 1.80. The van der Waals surface area contributed by atoms with Crippen molar-refractivity contribution < 1.29 is 18.9 Å². The summed E-state index contributed by atoms with van der Waals surface area (Å²) in [5.74, 6) is 0. The van der Waals surface area contributed by atoms with Gasteiger partial charge in [-0.05, 0) is 40.5 Å². The van der Waals surface area contributed by atoms with Crippen LogP contribution in [0.3, 0.4) is 0 Å². The van der Waals surface area contributed by atoms with Crippen molar-refractivity contribution >= 4 is 0 Å². The maximum absolute atomic E-state index is 5.95. The minimum absolute atomic E-state index is 0.0579. The lowest BCUT2D eigenvalue weighted by Gasteiger charge is -2.42. The number of rotatable bonds is 4. The lowest BCUT2D eigenvalue weighted by Crippen LogP contribution is -2.48. The Morgan fingerprint density at radius 1 is 0.722 bits per heavy atom. The normalized spacial score (nSPS) is 37.0.